The van der Waals surface area contributed by atoms with E-state index in [-0.39, 0.29) is 0 Å². The molecule has 0 spiro atoms. The van der Waals surface area contributed by atoms with Gasteiger partial charge in [-0.3, -0.25) is 0 Å². The van der Waals surface area contributed by atoms with Crippen molar-refractivity contribution in [2.24, 2.45) is 0 Å². The second kappa shape index (κ2) is 13.6. The van der Waals surface area contributed by atoms with Crippen LogP contribution in [0, 0.1) is 0 Å². The van der Waals surface area contributed by atoms with Gasteiger partial charge in [0.25, 0.3) is 0 Å². The van der Waals surface area contributed by atoms with Crippen molar-refractivity contribution in [1.29, 1.82) is 0 Å². The molecule has 13 aromatic rings. The molecule has 0 radical (unpaired) electrons. The van der Waals surface area contributed by atoms with Crippen molar-refractivity contribution in [3.63, 3.8) is 0 Å². The monoisotopic (exact) mass is 790 g/mol. The van der Waals surface area contributed by atoms with Crippen LogP contribution in [0.25, 0.3) is 127 Å². The van der Waals surface area contributed by atoms with Gasteiger partial charge in [-0.1, -0.05) is 158 Å². The summed E-state index contributed by atoms with van der Waals surface area (Å²) in [5.41, 5.74) is 9.81. The summed E-state index contributed by atoms with van der Waals surface area (Å²) in [6.45, 7) is 0. The van der Waals surface area contributed by atoms with Crippen LogP contribution in [-0.2, 0) is 0 Å². The van der Waals surface area contributed by atoms with Crippen LogP contribution in [0.2, 0.25) is 0 Å². The molecule has 288 valence electrons. The maximum atomic E-state index is 6.88. The smallest absolute Gasteiger partial charge is 0.164 e. The van der Waals surface area contributed by atoms with Crippen molar-refractivity contribution in [1.82, 2.24) is 19.5 Å². The Kier molecular flexibility index (Phi) is 7.54. The van der Waals surface area contributed by atoms with E-state index in [9.17, 15) is 0 Å². The van der Waals surface area contributed by atoms with Crippen molar-refractivity contribution in [2.45, 2.75) is 0 Å². The number of furan rings is 1. The van der Waals surface area contributed by atoms with E-state index >= 15 is 0 Å². The summed E-state index contributed by atoms with van der Waals surface area (Å²) in [5, 5.41) is 11.4. The van der Waals surface area contributed by atoms with Gasteiger partial charge in [-0.15, -0.1) is 0 Å². The van der Waals surface area contributed by atoms with Crippen molar-refractivity contribution in [2.75, 3.05) is 0 Å². The summed E-state index contributed by atoms with van der Waals surface area (Å²) in [7, 11) is 0. The molecule has 3 heterocycles. The maximum absolute atomic E-state index is 6.88. The molecule has 0 fully saturated rings. The normalized spacial score (nSPS) is 11.9. The fourth-order valence-corrected chi connectivity index (χ4v) is 9.41. The molecule has 0 amide bonds. The number of hydrogen-bond acceptors (Lipinski definition) is 4. The van der Waals surface area contributed by atoms with E-state index in [1.54, 1.807) is 0 Å². The van der Waals surface area contributed by atoms with E-state index < -0.39 is 0 Å². The van der Waals surface area contributed by atoms with Gasteiger partial charge in [0.2, 0.25) is 0 Å². The average Bonchev–Trinajstić information content (AvgIpc) is 3.87. The van der Waals surface area contributed by atoms with Crippen molar-refractivity contribution >= 4 is 76.1 Å². The number of hydrogen-bond donors (Lipinski definition) is 0. The molecular formula is C57H34N4O. The molecule has 0 saturated carbocycles. The molecule has 5 nitrogen and oxygen atoms in total. The minimum atomic E-state index is 0.583. The highest BCUT2D eigenvalue weighted by atomic mass is 16.3. The largest absolute Gasteiger partial charge is 0.456 e. The topological polar surface area (TPSA) is 56.7 Å². The number of aromatic nitrogens is 4. The third-order valence-corrected chi connectivity index (χ3v) is 12.4. The molecule has 0 atom stereocenters. The van der Waals surface area contributed by atoms with Gasteiger partial charge >= 0.3 is 0 Å². The number of para-hydroxylation sites is 1. The van der Waals surface area contributed by atoms with Gasteiger partial charge in [-0.05, 0) is 80.3 Å². The van der Waals surface area contributed by atoms with Crippen molar-refractivity contribution in [3.8, 4) is 51.0 Å². The van der Waals surface area contributed by atoms with E-state index in [1.165, 1.54) is 21.5 Å². The first kappa shape index (κ1) is 34.5. The quantitative estimate of drug-likeness (QED) is 0.174. The standard InChI is InChI=1S/C57H34N4O/c1-2-15-37(16-3-1)46-33-48-53(34-51(46)61-49-23-11-10-21-44(49)47-31-40-19-8-9-20-41(40)32-50(47)61)62-52-24-12-22-45(54(48)52)57-59-55(42-27-25-35-13-4-6-17-38(35)29-42)58-56(60-57)43-28-26-36-14-5-7-18-39(36)30-43/h1-34H. The van der Waals surface area contributed by atoms with Crippen molar-refractivity contribution < 1.29 is 4.42 Å². The number of benzene rings is 10. The van der Waals surface area contributed by atoms with Crippen LogP contribution in [0.4, 0.5) is 0 Å². The van der Waals surface area contributed by atoms with Gasteiger partial charge < -0.3 is 8.98 Å². The maximum Gasteiger partial charge on any atom is 0.164 e. The first-order valence-corrected chi connectivity index (χ1v) is 20.9. The Balaban J connectivity index is 1.08. The van der Waals surface area contributed by atoms with Gasteiger partial charge in [0.15, 0.2) is 17.5 Å². The highest BCUT2D eigenvalue weighted by molar-refractivity contribution is 6.16. The van der Waals surface area contributed by atoms with Crippen LogP contribution in [0.5, 0.6) is 0 Å². The summed E-state index contributed by atoms with van der Waals surface area (Å²) < 4.78 is 9.29. The van der Waals surface area contributed by atoms with Crippen LogP contribution in [0.3, 0.4) is 0 Å². The number of nitrogens with zero attached hydrogens (tertiary/aromatic N) is 4. The highest BCUT2D eigenvalue weighted by Crippen LogP contribution is 2.44. The lowest BCUT2D eigenvalue weighted by molar-refractivity contribution is 0.668. The third-order valence-electron chi connectivity index (χ3n) is 12.4. The first-order valence-electron chi connectivity index (χ1n) is 20.9. The van der Waals surface area contributed by atoms with Gasteiger partial charge in [0.1, 0.15) is 11.2 Å². The Morgan fingerprint density at radius 2 is 0.903 bits per heavy atom. The predicted molar refractivity (Wildman–Crippen MR) is 256 cm³/mol. The van der Waals surface area contributed by atoms with Gasteiger partial charge in [0, 0.05) is 49.9 Å². The zero-order valence-corrected chi connectivity index (χ0v) is 33.3. The molecule has 5 heteroatoms. The summed E-state index contributed by atoms with van der Waals surface area (Å²) in [6, 6.07) is 72.9. The SMILES string of the molecule is c1ccc(-c2cc3c(cc2-n2c4ccccc4c4cc5ccccc5cc42)oc2cccc(-c4nc(-c5ccc6ccccc6c5)nc(-c5ccc6ccccc6c5)n4)c23)cc1. The molecule has 0 aliphatic heterocycles. The lowest BCUT2D eigenvalue weighted by Gasteiger charge is -2.15. The van der Waals surface area contributed by atoms with E-state index in [0.29, 0.717) is 17.5 Å². The summed E-state index contributed by atoms with van der Waals surface area (Å²) >= 11 is 0. The van der Waals surface area contributed by atoms with E-state index in [4.69, 9.17) is 19.4 Å². The first-order chi connectivity index (χ1) is 30.7. The third kappa shape index (κ3) is 5.45. The molecule has 0 unspecified atom stereocenters. The molecule has 13 rings (SSSR count). The molecule has 0 bridgehead atoms. The van der Waals surface area contributed by atoms with E-state index in [0.717, 1.165) is 88.0 Å². The molecule has 0 aliphatic rings. The van der Waals surface area contributed by atoms with Gasteiger partial charge in [0.05, 0.1) is 16.7 Å². The molecule has 62 heavy (non-hydrogen) atoms. The van der Waals surface area contributed by atoms with E-state index in [2.05, 4.69) is 199 Å². The zero-order valence-electron chi connectivity index (χ0n) is 33.3. The van der Waals surface area contributed by atoms with E-state index in [1.807, 2.05) is 12.1 Å². The minimum Gasteiger partial charge on any atom is -0.456 e. The van der Waals surface area contributed by atoms with Crippen molar-refractivity contribution in [3.05, 3.63) is 206 Å². The molecule has 10 aromatic carbocycles. The molecule has 0 N–H and O–H groups in total. The van der Waals surface area contributed by atoms with Gasteiger partial charge in [-0.25, -0.2) is 15.0 Å². The Bertz CT molecular complexity index is 3840. The summed E-state index contributed by atoms with van der Waals surface area (Å²) in [5.74, 6) is 1.80. The molecular weight excluding hydrogens is 757 g/mol. The molecule has 0 aliphatic carbocycles. The zero-order chi connectivity index (χ0) is 40.7. The Labute approximate surface area is 355 Å². The average molecular weight is 791 g/mol. The lowest BCUT2D eigenvalue weighted by atomic mass is 9.98. The Hall–Kier alpha value is -8.41. The Morgan fingerprint density at radius 1 is 0.323 bits per heavy atom. The fraction of sp³-hybridized carbons (Fsp3) is 0. The highest BCUT2D eigenvalue weighted by Gasteiger charge is 2.23. The van der Waals surface area contributed by atoms with Crippen LogP contribution in [0.15, 0.2) is 211 Å². The second-order valence-corrected chi connectivity index (χ2v) is 16.0. The summed E-state index contributed by atoms with van der Waals surface area (Å²) in [4.78, 5) is 15.7. The predicted octanol–water partition coefficient (Wildman–Crippen LogP) is 15.0. The Morgan fingerprint density at radius 3 is 1.60 bits per heavy atom. The van der Waals surface area contributed by atoms with Crippen LogP contribution in [0.1, 0.15) is 0 Å². The number of rotatable bonds is 5. The number of fused-ring (bicyclic) bond motifs is 9. The lowest BCUT2D eigenvalue weighted by Crippen LogP contribution is -2.00. The minimum absolute atomic E-state index is 0.583. The van der Waals surface area contributed by atoms with Crippen LogP contribution < -0.4 is 0 Å². The molecule has 0 saturated heterocycles. The fourth-order valence-electron chi connectivity index (χ4n) is 9.41. The van der Waals surface area contributed by atoms with Crippen LogP contribution in [-0.4, -0.2) is 19.5 Å². The van der Waals surface area contributed by atoms with Gasteiger partial charge in [-0.2, -0.15) is 0 Å². The van der Waals surface area contributed by atoms with Crippen LogP contribution >= 0.6 is 0 Å². The molecule has 3 aromatic heterocycles. The summed E-state index contributed by atoms with van der Waals surface area (Å²) in [6.07, 6.45) is 0. The second-order valence-electron chi connectivity index (χ2n) is 16.0.